The molecule has 0 N–H and O–H groups in total. The molecule has 0 saturated heterocycles. The number of aromatic nitrogens is 1. The van der Waals surface area contributed by atoms with Crippen LogP contribution in [-0.2, 0) is 14.8 Å². The summed E-state index contributed by atoms with van der Waals surface area (Å²) in [6.45, 7) is 6.11. The second kappa shape index (κ2) is 6.33. The lowest BCUT2D eigenvalue weighted by Gasteiger charge is -2.37. The molecule has 1 rings (SSSR count). The molecule has 0 aromatic carbocycles. The molecule has 21 heavy (non-hydrogen) atoms. The summed E-state index contributed by atoms with van der Waals surface area (Å²) in [5.41, 5.74) is -2.63. The molecule has 0 aliphatic heterocycles. The highest BCUT2D eigenvalue weighted by Crippen LogP contribution is 2.43. The summed E-state index contributed by atoms with van der Waals surface area (Å²) in [4.78, 5) is 3.85. The lowest BCUT2D eigenvalue weighted by molar-refractivity contribution is -0.252. The summed E-state index contributed by atoms with van der Waals surface area (Å²) in [6.07, 6.45) is -3.33. The molecule has 0 amide bonds. The van der Waals surface area contributed by atoms with Gasteiger partial charge in [0.25, 0.3) is 0 Å². The van der Waals surface area contributed by atoms with Crippen LogP contribution in [0.3, 0.4) is 0 Å². The predicted molar refractivity (Wildman–Crippen MR) is 74.6 cm³/mol. The monoisotopic (exact) mass is 323 g/mol. The first kappa shape index (κ1) is 17.9. The van der Waals surface area contributed by atoms with Crippen LogP contribution in [0.2, 0.25) is 19.6 Å². The van der Waals surface area contributed by atoms with Crippen molar-refractivity contribution in [3.05, 3.63) is 24.0 Å². The molecular weight excluding hydrogens is 303 g/mol. The standard InChI is InChI=1S/C13H20F3NO3Si/c1-12(13(14,15)16,20-21(3,4)5)11-7-6-10(8-17-11)19-9-18-2/h6-8H,9H2,1-5H3. The molecule has 1 aromatic heterocycles. The maximum absolute atomic E-state index is 13.4. The van der Waals surface area contributed by atoms with Crippen LogP contribution in [-0.4, -0.2) is 33.4 Å². The molecule has 0 radical (unpaired) electrons. The Hall–Kier alpha value is -1.12. The molecule has 8 heteroatoms. The number of pyridine rings is 1. The first-order chi connectivity index (χ1) is 9.49. The molecular formula is C13H20F3NO3Si. The molecule has 4 nitrogen and oxygen atoms in total. The van der Waals surface area contributed by atoms with Gasteiger partial charge in [0.05, 0.1) is 11.9 Å². The Balaban J connectivity index is 3.10. The van der Waals surface area contributed by atoms with E-state index < -0.39 is 20.1 Å². The predicted octanol–water partition coefficient (Wildman–Crippen LogP) is 3.69. The van der Waals surface area contributed by atoms with Crippen LogP contribution in [0.4, 0.5) is 13.2 Å². The van der Waals surface area contributed by atoms with E-state index in [1.54, 1.807) is 19.6 Å². The molecule has 0 aliphatic carbocycles. The Morgan fingerprint density at radius 3 is 2.19 bits per heavy atom. The van der Waals surface area contributed by atoms with Gasteiger partial charge >= 0.3 is 6.18 Å². The molecule has 1 unspecified atom stereocenters. The fourth-order valence-electron chi connectivity index (χ4n) is 1.74. The fourth-order valence-corrected chi connectivity index (χ4v) is 3.19. The number of ether oxygens (including phenoxy) is 2. The summed E-state index contributed by atoms with van der Waals surface area (Å²) in [6, 6.07) is 2.68. The molecule has 1 atom stereocenters. The third-order valence-electron chi connectivity index (χ3n) is 2.62. The van der Waals surface area contributed by atoms with Gasteiger partial charge in [-0.25, -0.2) is 0 Å². The summed E-state index contributed by atoms with van der Waals surface area (Å²) in [5, 5.41) is 0. The Morgan fingerprint density at radius 1 is 1.19 bits per heavy atom. The maximum atomic E-state index is 13.4. The molecule has 0 saturated carbocycles. The molecule has 1 aromatic rings. The van der Waals surface area contributed by atoms with Crippen LogP contribution in [0, 0.1) is 0 Å². The van der Waals surface area contributed by atoms with E-state index in [2.05, 4.69) is 4.98 Å². The first-order valence-corrected chi connectivity index (χ1v) is 9.75. The van der Waals surface area contributed by atoms with Crippen molar-refractivity contribution < 1.29 is 27.1 Å². The molecule has 0 fully saturated rings. The summed E-state index contributed by atoms with van der Waals surface area (Å²) < 4.78 is 55.5. The Labute approximate surface area is 123 Å². The van der Waals surface area contributed by atoms with E-state index >= 15 is 0 Å². The van der Waals surface area contributed by atoms with Crippen molar-refractivity contribution in [3.63, 3.8) is 0 Å². The Morgan fingerprint density at radius 2 is 1.81 bits per heavy atom. The van der Waals surface area contributed by atoms with E-state index in [0.29, 0.717) is 5.75 Å². The van der Waals surface area contributed by atoms with Gasteiger partial charge in [-0.3, -0.25) is 4.98 Å². The van der Waals surface area contributed by atoms with Crippen LogP contribution in [0.1, 0.15) is 12.6 Å². The molecule has 120 valence electrons. The highest BCUT2D eigenvalue weighted by atomic mass is 28.4. The van der Waals surface area contributed by atoms with Gasteiger partial charge in [-0.2, -0.15) is 13.2 Å². The van der Waals surface area contributed by atoms with Gasteiger partial charge in [0.2, 0.25) is 0 Å². The number of hydrogen-bond acceptors (Lipinski definition) is 4. The van der Waals surface area contributed by atoms with E-state index in [1.165, 1.54) is 25.4 Å². The normalized spacial score (nSPS) is 15.6. The minimum absolute atomic E-state index is 0.00295. The van der Waals surface area contributed by atoms with E-state index in [9.17, 15) is 13.2 Å². The first-order valence-electron chi connectivity index (χ1n) is 6.35. The quantitative estimate of drug-likeness (QED) is 0.591. The third-order valence-corrected chi connectivity index (χ3v) is 3.64. The lowest BCUT2D eigenvalue weighted by atomic mass is 10.0. The second-order valence-corrected chi connectivity index (χ2v) is 10.1. The second-order valence-electron chi connectivity index (χ2n) is 5.68. The van der Waals surface area contributed by atoms with Crippen LogP contribution in [0.15, 0.2) is 18.3 Å². The van der Waals surface area contributed by atoms with Crippen LogP contribution < -0.4 is 4.74 Å². The highest BCUT2D eigenvalue weighted by molar-refractivity contribution is 6.69. The zero-order valence-electron chi connectivity index (χ0n) is 12.7. The van der Waals surface area contributed by atoms with Gasteiger partial charge in [0, 0.05) is 7.11 Å². The molecule has 1 heterocycles. The van der Waals surface area contributed by atoms with Crippen molar-refractivity contribution in [2.45, 2.75) is 38.3 Å². The SMILES string of the molecule is COCOc1ccc(C(C)(O[Si](C)(C)C)C(F)(F)F)nc1. The summed E-state index contributed by atoms with van der Waals surface area (Å²) in [5.74, 6) is 0.332. The van der Waals surface area contributed by atoms with Crippen molar-refractivity contribution >= 4 is 8.32 Å². The van der Waals surface area contributed by atoms with Gasteiger partial charge < -0.3 is 13.9 Å². The number of nitrogens with zero attached hydrogens (tertiary/aromatic N) is 1. The van der Waals surface area contributed by atoms with Crippen LogP contribution >= 0.6 is 0 Å². The average molecular weight is 323 g/mol. The summed E-state index contributed by atoms with van der Waals surface area (Å²) >= 11 is 0. The van der Waals surface area contributed by atoms with Gasteiger partial charge in [0.1, 0.15) is 5.75 Å². The Bertz CT molecular complexity index is 459. The minimum atomic E-state index is -4.56. The van der Waals surface area contributed by atoms with E-state index in [-0.39, 0.29) is 12.5 Å². The summed E-state index contributed by atoms with van der Waals surface area (Å²) in [7, 11) is -0.982. The van der Waals surface area contributed by atoms with Crippen molar-refractivity contribution in [3.8, 4) is 5.75 Å². The maximum Gasteiger partial charge on any atom is 0.421 e. The fraction of sp³-hybridized carbons (Fsp3) is 0.615. The topological polar surface area (TPSA) is 40.6 Å². The zero-order chi connectivity index (χ0) is 16.3. The average Bonchev–Trinajstić information content (AvgIpc) is 2.33. The van der Waals surface area contributed by atoms with Crippen molar-refractivity contribution in [1.82, 2.24) is 4.98 Å². The Kier molecular flexibility index (Phi) is 5.40. The zero-order valence-corrected chi connectivity index (χ0v) is 13.7. The highest BCUT2D eigenvalue weighted by Gasteiger charge is 2.56. The third kappa shape index (κ3) is 4.68. The van der Waals surface area contributed by atoms with E-state index in [4.69, 9.17) is 13.9 Å². The van der Waals surface area contributed by atoms with E-state index in [1.807, 2.05) is 0 Å². The van der Waals surface area contributed by atoms with Gasteiger partial charge in [-0.15, -0.1) is 0 Å². The molecule has 0 bridgehead atoms. The van der Waals surface area contributed by atoms with E-state index in [0.717, 1.165) is 6.92 Å². The number of halogens is 3. The smallest absolute Gasteiger partial charge is 0.421 e. The van der Waals surface area contributed by atoms with Crippen LogP contribution in [0.5, 0.6) is 5.75 Å². The molecule has 0 aliphatic rings. The van der Waals surface area contributed by atoms with Gasteiger partial charge in [-0.1, -0.05) is 0 Å². The number of methoxy groups -OCH3 is 1. The lowest BCUT2D eigenvalue weighted by Crippen LogP contribution is -2.49. The van der Waals surface area contributed by atoms with Crippen LogP contribution in [0.25, 0.3) is 0 Å². The number of rotatable bonds is 6. The number of hydrogen-bond donors (Lipinski definition) is 0. The number of alkyl halides is 3. The molecule has 0 spiro atoms. The largest absolute Gasteiger partial charge is 0.466 e. The van der Waals surface area contributed by atoms with Gasteiger partial charge in [-0.05, 0) is 38.7 Å². The van der Waals surface area contributed by atoms with Crippen molar-refractivity contribution in [2.75, 3.05) is 13.9 Å². The van der Waals surface area contributed by atoms with Crippen molar-refractivity contribution in [2.24, 2.45) is 0 Å². The van der Waals surface area contributed by atoms with Gasteiger partial charge in [0.15, 0.2) is 20.7 Å². The van der Waals surface area contributed by atoms with Crippen molar-refractivity contribution in [1.29, 1.82) is 0 Å². The minimum Gasteiger partial charge on any atom is -0.466 e.